The number of hydrogen-bond acceptors (Lipinski definition) is 3. The number of fused-ring (bicyclic) bond motifs is 4. The molecule has 5 aromatic rings. The van der Waals surface area contributed by atoms with Crippen molar-refractivity contribution in [2.24, 2.45) is 5.41 Å². The number of rotatable bonds is 3. The van der Waals surface area contributed by atoms with Crippen LogP contribution in [0, 0.1) is 12.3 Å². The van der Waals surface area contributed by atoms with E-state index in [0.717, 1.165) is 39.7 Å². The molecule has 0 saturated heterocycles. The highest BCUT2D eigenvalue weighted by Gasteiger charge is 2.23. The molecule has 33 heavy (non-hydrogen) atoms. The molecule has 2 aromatic heterocycles. The van der Waals surface area contributed by atoms with E-state index >= 15 is 0 Å². The van der Waals surface area contributed by atoms with Crippen molar-refractivity contribution < 1.29 is 4.42 Å². The Labute approximate surface area is 196 Å². The molecule has 168 valence electrons. The predicted molar refractivity (Wildman–Crippen MR) is 143 cm³/mol. The fourth-order valence-electron chi connectivity index (χ4n) is 4.78. The molecule has 0 saturated carbocycles. The predicted octanol–water partition coefficient (Wildman–Crippen LogP) is 7.64. The molecule has 2 heterocycles. The zero-order valence-corrected chi connectivity index (χ0v) is 21.7. The summed E-state index contributed by atoms with van der Waals surface area (Å²) in [4.78, 5) is 9.32. The normalized spacial score (nSPS) is 12.8. The summed E-state index contributed by atoms with van der Waals surface area (Å²) in [5.74, 6) is 0. The van der Waals surface area contributed by atoms with Crippen LogP contribution >= 0.6 is 0 Å². The van der Waals surface area contributed by atoms with Gasteiger partial charge in [-0.25, -0.2) is 9.97 Å². The lowest BCUT2D eigenvalue weighted by molar-refractivity contribution is 0.411. The minimum absolute atomic E-state index is 0.224. The lowest BCUT2D eigenvalue weighted by atomic mass is 9.88. The summed E-state index contributed by atoms with van der Waals surface area (Å²) in [5, 5.41) is 5.12. The standard InChI is InChI=1S/C29H32N2OSi/c1-18-8-10-20-14-21(15-25(23(20)12-18)33(5,6)7)26-28-27(31-17-30-26)22-11-9-19(13-24(22)32-28)16-29(2,3)4/h8-15,17H,16H2,1-7H3. The first-order valence-electron chi connectivity index (χ1n) is 11.7. The van der Waals surface area contributed by atoms with Crippen molar-refractivity contribution in [1.29, 1.82) is 0 Å². The van der Waals surface area contributed by atoms with E-state index in [4.69, 9.17) is 9.40 Å². The zero-order valence-electron chi connectivity index (χ0n) is 20.7. The van der Waals surface area contributed by atoms with Gasteiger partial charge in [0.2, 0.25) is 0 Å². The Balaban J connectivity index is 1.74. The topological polar surface area (TPSA) is 38.9 Å². The summed E-state index contributed by atoms with van der Waals surface area (Å²) in [5.41, 5.74) is 7.31. The summed E-state index contributed by atoms with van der Waals surface area (Å²) in [6.07, 6.45) is 2.67. The largest absolute Gasteiger partial charge is 0.452 e. The van der Waals surface area contributed by atoms with Gasteiger partial charge in [0.05, 0.1) is 8.07 Å². The molecule has 0 bridgehead atoms. The molecule has 4 heteroatoms. The maximum atomic E-state index is 6.44. The number of furan rings is 1. The first-order chi connectivity index (χ1) is 15.5. The summed E-state index contributed by atoms with van der Waals surface area (Å²) < 4.78 is 6.44. The van der Waals surface area contributed by atoms with Gasteiger partial charge in [-0.1, -0.05) is 81.5 Å². The number of aromatic nitrogens is 2. The van der Waals surface area contributed by atoms with E-state index in [9.17, 15) is 0 Å². The first kappa shape index (κ1) is 21.8. The van der Waals surface area contributed by atoms with Gasteiger partial charge in [-0.15, -0.1) is 0 Å². The molecule has 0 atom stereocenters. The van der Waals surface area contributed by atoms with E-state index in [1.165, 1.54) is 27.1 Å². The summed E-state index contributed by atoms with van der Waals surface area (Å²) in [6, 6.07) is 17.8. The maximum absolute atomic E-state index is 6.44. The summed E-state index contributed by atoms with van der Waals surface area (Å²) >= 11 is 0. The van der Waals surface area contributed by atoms with Crippen LogP contribution in [0.3, 0.4) is 0 Å². The highest BCUT2D eigenvalue weighted by atomic mass is 28.3. The third-order valence-electron chi connectivity index (χ3n) is 6.24. The van der Waals surface area contributed by atoms with Crippen molar-refractivity contribution >= 4 is 46.1 Å². The van der Waals surface area contributed by atoms with Gasteiger partial charge in [0.1, 0.15) is 23.1 Å². The number of hydrogen-bond donors (Lipinski definition) is 0. The van der Waals surface area contributed by atoms with E-state index in [1.54, 1.807) is 6.33 Å². The van der Waals surface area contributed by atoms with Crippen molar-refractivity contribution in [3.63, 3.8) is 0 Å². The van der Waals surface area contributed by atoms with Crippen LogP contribution in [0.1, 0.15) is 31.9 Å². The second kappa shape index (κ2) is 7.52. The quantitative estimate of drug-likeness (QED) is 0.264. The van der Waals surface area contributed by atoms with Crippen molar-refractivity contribution in [2.45, 2.75) is 53.8 Å². The Morgan fingerprint density at radius 2 is 1.67 bits per heavy atom. The van der Waals surface area contributed by atoms with Crippen LogP contribution in [-0.4, -0.2) is 18.0 Å². The highest BCUT2D eigenvalue weighted by Crippen LogP contribution is 2.35. The Kier molecular flexibility index (Phi) is 4.98. The minimum atomic E-state index is -1.59. The minimum Gasteiger partial charge on any atom is -0.452 e. The number of benzene rings is 3. The molecular weight excluding hydrogens is 420 g/mol. The average molecular weight is 453 g/mol. The van der Waals surface area contributed by atoms with Gasteiger partial charge in [0, 0.05) is 10.9 Å². The molecule has 0 aliphatic rings. The van der Waals surface area contributed by atoms with E-state index < -0.39 is 8.07 Å². The van der Waals surface area contributed by atoms with Gasteiger partial charge >= 0.3 is 0 Å². The van der Waals surface area contributed by atoms with Crippen molar-refractivity contribution in [2.75, 3.05) is 0 Å². The Bertz CT molecular complexity index is 1520. The Morgan fingerprint density at radius 3 is 2.39 bits per heavy atom. The van der Waals surface area contributed by atoms with Crippen LogP contribution in [0.15, 0.2) is 59.3 Å². The maximum Gasteiger partial charge on any atom is 0.180 e. The molecule has 5 rings (SSSR count). The third kappa shape index (κ3) is 4.08. The monoisotopic (exact) mass is 452 g/mol. The Hall–Kier alpha value is -2.98. The number of nitrogens with zero attached hydrogens (tertiary/aromatic N) is 2. The Morgan fingerprint density at radius 1 is 0.879 bits per heavy atom. The van der Waals surface area contributed by atoms with Crippen molar-refractivity contribution in [3.8, 4) is 11.3 Å². The van der Waals surface area contributed by atoms with E-state index in [-0.39, 0.29) is 5.41 Å². The lowest BCUT2D eigenvalue weighted by Gasteiger charge is -2.21. The summed E-state index contributed by atoms with van der Waals surface area (Å²) in [7, 11) is -1.59. The molecule has 0 radical (unpaired) electrons. The van der Waals surface area contributed by atoms with E-state index in [2.05, 4.69) is 101 Å². The van der Waals surface area contributed by atoms with Gasteiger partial charge < -0.3 is 4.42 Å². The molecule has 0 amide bonds. The third-order valence-corrected chi connectivity index (χ3v) is 8.27. The molecular formula is C29H32N2OSi. The second-order valence-corrected chi connectivity index (χ2v) is 16.6. The van der Waals surface area contributed by atoms with Gasteiger partial charge in [0.25, 0.3) is 0 Å². The van der Waals surface area contributed by atoms with Gasteiger partial charge in [-0.05, 0) is 53.3 Å². The van der Waals surface area contributed by atoms with Crippen LogP contribution in [-0.2, 0) is 6.42 Å². The fraction of sp³-hybridized carbons (Fsp3) is 0.310. The van der Waals surface area contributed by atoms with Gasteiger partial charge in [-0.2, -0.15) is 0 Å². The van der Waals surface area contributed by atoms with Crippen molar-refractivity contribution in [1.82, 2.24) is 9.97 Å². The van der Waals surface area contributed by atoms with Crippen LogP contribution < -0.4 is 5.19 Å². The van der Waals surface area contributed by atoms with Gasteiger partial charge in [0.15, 0.2) is 5.58 Å². The first-order valence-corrected chi connectivity index (χ1v) is 15.2. The molecule has 0 aliphatic carbocycles. The van der Waals surface area contributed by atoms with Crippen molar-refractivity contribution in [3.05, 3.63) is 66.0 Å². The van der Waals surface area contributed by atoms with Crippen LogP contribution in [0.2, 0.25) is 19.6 Å². The molecule has 0 spiro atoms. The van der Waals surface area contributed by atoms with E-state index in [0.29, 0.717) is 0 Å². The summed E-state index contributed by atoms with van der Waals surface area (Å²) in [6.45, 7) is 16.2. The lowest BCUT2D eigenvalue weighted by Crippen LogP contribution is -2.38. The molecule has 3 aromatic carbocycles. The van der Waals surface area contributed by atoms with Gasteiger partial charge in [-0.3, -0.25) is 0 Å². The van der Waals surface area contributed by atoms with E-state index in [1.807, 2.05) is 0 Å². The molecule has 3 nitrogen and oxygen atoms in total. The SMILES string of the molecule is Cc1ccc2cc(-c3ncnc4c3oc3cc(CC(C)(C)C)ccc34)cc([Si](C)(C)C)c2c1. The second-order valence-electron chi connectivity index (χ2n) is 11.6. The molecule has 0 unspecified atom stereocenters. The molecule has 0 aliphatic heterocycles. The van der Waals surface area contributed by atoms with Crippen LogP contribution in [0.5, 0.6) is 0 Å². The fourth-order valence-corrected chi connectivity index (χ4v) is 6.39. The molecule has 0 fully saturated rings. The molecule has 0 N–H and O–H groups in total. The zero-order chi connectivity index (χ0) is 23.5. The van der Waals surface area contributed by atoms with Crippen LogP contribution in [0.25, 0.3) is 44.1 Å². The smallest absolute Gasteiger partial charge is 0.180 e. The number of aryl methyl sites for hydroxylation is 1. The van der Waals surface area contributed by atoms with Crippen LogP contribution in [0.4, 0.5) is 0 Å². The highest BCUT2D eigenvalue weighted by molar-refractivity contribution is 6.90. The average Bonchev–Trinajstić information content (AvgIpc) is 3.08.